The van der Waals surface area contributed by atoms with Gasteiger partial charge in [0.25, 0.3) is 0 Å². The van der Waals surface area contributed by atoms with Crippen LogP contribution in [0.2, 0.25) is 0 Å². The second-order valence-electron chi connectivity index (χ2n) is 18.6. The van der Waals surface area contributed by atoms with E-state index in [-0.39, 0.29) is 43.5 Å². The zero-order chi connectivity index (χ0) is 44.0. The molecule has 0 radical (unpaired) electrons. The van der Waals surface area contributed by atoms with Crippen molar-refractivity contribution in [2.24, 2.45) is 17.6 Å². The van der Waals surface area contributed by atoms with Crippen LogP contribution in [0.25, 0.3) is 10.8 Å². The third-order valence-corrected chi connectivity index (χ3v) is 9.71. The lowest BCUT2D eigenvalue weighted by molar-refractivity contribution is -0.159. The highest BCUT2D eigenvalue weighted by molar-refractivity contribution is 5.90. The number of carbonyl (C=O) groups excluding carboxylic acids is 6. The van der Waals surface area contributed by atoms with Crippen molar-refractivity contribution in [1.29, 1.82) is 0 Å². The number of ether oxygens (including phenoxy) is 3. The van der Waals surface area contributed by atoms with E-state index in [9.17, 15) is 28.8 Å². The molecule has 0 heterocycles. The van der Waals surface area contributed by atoms with Crippen molar-refractivity contribution in [3.63, 3.8) is 0 Å². The van der Waals surface area contributed by atoms with Crippen LogP contribution in [0.5, 0.6) is 0 Å². The average Bonchev–Trinajstić information content (AvgIpc) is 3.13. The van der Waals surface area contributed by atoms with Crippen molar-refractivity contribution in [1.82, 2.24) is 21.3 Å². The minimum Gasteiger partial charge on any atom is -0.460 e. The van der Waals surface area contributed by atoms with Crippen molar-refractivity contribution >= 4 is 46.5 Å². The van der Waals surface area contributed by atoms with E-state index in [2.05, 4.69) is 21.3 Å². The fraction of sp³-hybridized carbons (Fsp3) is 0.644. The van der Waals surface area contributed by atoms with Crippen LogP contribution in [0.4, 0.5) is 4.79 Å². The van der Waals surface area contributed by atoms with Gasteiger partial charge in [-0.15, -0.1) is 0 Å². The van der Waals surface area contributed by atoms with Gasteiger partial charge in [0.05, 0.1) is 0 Å². The smallest absolute Gasteiger partial charge is 0.329 e. The summed E-state index contributed by atoms with van der Waals surface area (Å²) in [6.45, 7) is 16.3. The highest BCUT2D eigenvalue weighted by atomic mass is 16.6. The Balaban J connectivity index is 1.65. The molecule has 1 aliphatic rings. The Bertz CT molecular complexity index is 1740. The molecule has 0 bridgehead atoms. The third kappa shape index (κ3) is 18.4. The first-order valence-electron chi connectivity index (χ1n) is 21.0. The summed E-state index contributed by atoms with van der Waals surface area (Å²) in [6, 6.07) is 10.0. The Morgan fingerprint density at radius 3 is 1.80 bits per heavy atom. The number of carbonyl (C=O) groups is 6. The Hall–Kier alpha value is -4.72. The topological polar surface area (TPSA) is 204 Å². The van der Waals surface area contributed by atoms with E-state index >= 15 is 0 Å². The van der Waals surface area contributed by atoms with E-state index in [4.69, 9.17) is 19.9 Å². The van der Waals surface area contributed by atoms with Crippen molar-refractivity contribution in [2.45, 2.75) is 161 Å². The van der Waals surface area contributed by atoms with Crippen LogP contribution in [0.15, 0.2) is 42.5 Å². The molecule has 2 aromatic carbocycles. The molecule has 14 heteroatoms. The molecule has 0 unspecified atom stereocenters. The second kappa shape index (κ2) is 22.0. The van der Waals surface area contributed by atoms with E-state index in [1.165, 1.54) is 0 Å². The first-order chi connectivity index (χ1) is 27.5. The summed E-state index contributed by atoms with van der Waals surface area (Å²) in [7, 11) is 0. The van der Waals surface area contributed by atoms with Gasteiger partial charge in [0, 0.05) is 25.3 Å². The third-order valence-electron chi connectivity index (χ3n) is 9.71. The zero-order valence-electron chi connectivity index (χ0n) is 36.7. The summed E-state index contributed by atoms with van der Waals surface area (Å²) in [6.07, 6.45) is 4.31. The van der Waals surface area contributed by atoms with Crippen LogP contribution in [0.1, 0.15) is 126 Å². The molecule has 2 aromatic rings. The van der Waals surface area contributed by atoms with Crippen molar-refractivity contribution in [3.8, 4) is 0 Å². The van der Waals surface area contributed by atoms with Gasteiger partial charge in [0.2, 0.25) is 11.8 Å². The number of fused-ring (bicyclic) bond motifs is 1. The lowest BCUT2D eigenvalue weighted by atomic mass is 9.81. The van der Waals surface area contributed by atoms with Gasteiger partial charge >= 0.3 is 23.9 Å². The predicted molar refractivity (Wildman–Crippen MR) is 227 cm³/mol. The van der Waals surface area contributed by atoms with Gasteiger partial charge in [-0.25, -0.2) is 14.4 Å². The fourth-order valence-corrected chi connectivity index (χ4v) is 6.83. The fourth-order valence-electron chi connectivity index (χ4n) is 6.83. The number of hydrogen-bond donors (Lipinski definition) is 5. The monoisotopic (exact) mass is 824 g/mol. The van der Waals surface area contributed by atoms with E-state index in [1.54, 1.807) is 62.3 Å². The molecule has 1 aliphatic carbocycles. The van der Waals surface area contributed by atoms with Gasteiger partial charge in [0.1, 0.15) is 34.9 Å². The zero-order valence-corrected chi connectivity index (χ0v) is 36.7. The van der Waals surface area contributed by atoms with E-state index in [0.29, 0.717) is 31.7 Å². The molecule has 14 nitrogen and oxygen atoms in total. The molecule has 0 spiro atoms. The number of unbranched alkanes of at least 4 members (excludes halogenated alkanes) is 1. The number of amides is 4. The highest BCUT2D eigenvalue weighted by Crippen LogP contribution is 2.28. The first kappa shape index (κ1) is 48.6. The standard InChI is InChI=1S/C45H69N5O9/c1-43(2,3)57-37(51)24-23-35(41(55)59-45(7,8)9)50-42(56)49-34(40(54)58-44(4,5)6)16-12-13-25-47-39(53)36(48-38(52)32-21-17-29(28-46)18-22-32)27-30-19-20-31-14-10-11-15-33(31)26-30/h10-11,14-15,19-20,26,29,32,34-36H,12-13,16-18,21-25,27-28,46H2,1-9H3,(H,47,53)(H,48,52)(H2,49,50,56)/t29?,32?,34-,35-,36-/m0/s1. The molecule has 0 aromatic heterocycles. The van der Waals surface area contributed by atoms with Crippen LogP contribution in [0, 0.1) is 11.8 Å². The highest BCUT2D eigenvalue weighted by Gasteiger charge is 2.32. The number of hydrogen-bond acceptors (Lipinski definition) is 10. The molecule has 0 aliphatic heterocycles. The summed E-state index contributed by atoms with van der Waals surface area (Å²) in [4.78, 5) is 79.3. The van der Waals surface area contributed by atoms with E-state index < -0.39 is 58.9 Å². The summed E-state index contributed by atoms with van der Waals surface area (Å²) < 4.78 is 16.5. The van der Waals surface area contributed by atoms with Crippen LogP contribution in [-0.2, 0) is 44.6 Å². The molecule has 59 heavy (non-hydrogen) atoms. The maximum absolute atomic E-state index is 13.7. The summed E-state index contributed by atoms with van der Waals surface area (Å²) in [5.41, 5.74) is 4.35. The SMILES string of the molecule is CC(C)(C)OC(=O)CC[C@H](NC(=O)N[C@@H](CCCCNC(=O)[C@H](Cc1ccc2ccccc2c1)NC(=O)C1CCC(CN)CC1)C(=O)OC(C)(C)C)C(=O)OC(C)(C)C. The van der Waals surface area contributed by atoms with E-state index in [1.807, 2.05) is 42.5 Å². The van der Waals surface area contributed by atoms with Gasteiger partial charge in [-0.3, -0.25) is 14.4 Å². The van der Waals surface area contributed by atoms with Gasteiger partial charge in [-0.1, -0.05) is 42.5 Å². The average molecular weight is 824 g/mol. The molecule has 328 valence electrons. The molecular weight excluding hydrogens is 755 g/mol. The van der Waals surface area contributed by atoms with Crippen molar-refractivity contribution < 1.29 is 43.0 Å². The van der Waals surface area contributed by atoms with Gasteiger partial charge in [-0.2, -0.15) is 0 Å². The lowest BCUT2D eigenvalue weighted by Gasteiger charge is -2.28. The van der Waals surface area contributed by atoms with E-state index in [0.717, 1.165) is 42.0 Å². The van der Waals surface area contributed by atoms with Crippen molar-refractivity contribution in [3.05, 3.63) is 48.0 Å². The number of urea groups is 1. The maximum Gasteiger partial charge on any atom is 0.329 e. The first-order valence-corrected chi connectivity index (χ1v) is 21.0. The number of nitrogens with one attached hydrogen (secondary N) is 4. The van der Waals surface area contributed by atoms with Crippen LogP contribution in [-0.4, -0.2) is 83.8 Å². The number of rotatable bonds is 18. The normalized spacial score (nSPS) is 17.5. The molecule has 1 fully saturated rings. The Labute approximate surface area is 350 Å². The molecule has 3 rings (SSSR count). The number of nitrogens with two attached hydrogens (primary N) is 1. The number of esters is 3. The Kier molecular flexibility index (Phi) is 18.2. The van der Waals surface area contributed by atoms with Crippen molar-refractivity contribution in [2.75, 3.05) is 13.1 Å². The minimum absolute atomic E-state index is 0.0915. The molecule has 1 saturated carbocycles. The Morgan fingerprint density at radius 2 is 1.24 bits per heavy atom. The predicted octanol–water partition coefficient (Wildman–Crippen LogP) is 5.76. The largest absolute Gasteiger partial charge is 0.460 e. The quantitative estimate of drug-likeness (QED) is 0.0699. The molecule has 6 N–H and O–H groups in total. The van der Waals surface area contributed by atoms with Crippen LogP contribution < -0.4 is 27.0 Å². The second-order valence-corrected chi connectivity index (χ2v) is 18.6. The summed E-state index contributed by atoms with van der Waals surface area (Å²) in [5.74, 6) is -2.16. The van der Waals surface area contributed by atoms with Gasteiger partial charge in [0.15, 0.2) is 0 Å². The molecule has 0 saturated heterocycles. The number of benzene rings is 2. The molecule has 4 amide bonds. The van der Waals surface area contributed by atoms with Crippen LogP contribution >= 0.6 is 0 Å². The Morgan fingerprint density at radius 1 is 0.678 bits per heavy atom. The maximum atomic E-state index is 13.7. The molecule has 3 atom stereocenters. The summed E-state index contributed by atoms with van der Waals surface area (Å²) >= 11 is 0. The lowest BCUT2D eigenvalue weighted by Crippen LogP contribution is -2.53. The minimum atomic E-state index is -1.21. The van der Waals surface area contributed by atoms with Gasteiger partial charge < -0.3 is 41.2 Å². The van der Waals surface area contributed by atoms with Gasteiger partial charge in [-0.05, 0) is 142 Å². The molecular formula is C45H69N5O9. The summed E-state index contributed by atoms with van der Waals surface area (Å²) in [5, 5.41) is 13.3. The van der Waals surface area contributed by atoms with Crippen LogP contribution in [0.3, 0.4) is 0 Å².